The van der Waals surface area contributed by atoms with Crippen molar-refractivity contribution in [3.05, 3.63) is 29.3 Å². The van der Waals surface area contributed by atoms with Gasteiger partial charge < -0.3 is 15.0 Å². The molecule has 0 radical (unpaired) electrons. The highest BCUT2D eigenvalue weighted by Crippen LogP contribution is 2.34. The van der Waals surface area contributed by atoms with Crippen LogP contribution in [0.4, 0.5) is 0 Å². The standard InChI is InChI=1S/C18H21N3O4.ClH/c22-16-5-4-14(17(23)20-16)21-10-13-12(18(21)24)2-1-3-15(13)25-11-6-8-19-9-7-11;/h1-3,11,14,19H,4-10H2,(H,20,22,23);1H. The molecule has 1 atom stereocenters. The predicted molar refractivity (Wildman–Crippen MR) is 96.3 cm³/mol. The van der Waals surface area contributed by atoms with E-state index in [1.807, 2.05) is 12.1 Å². The number of benzene rings is 1. The molecule has 0 aromatic heterocycles. The van der Waals surface area contributed by atoms with Crippen molar-refractivity contribution in [1.29, 1.82) is 0 Å². The maximum Gasteiger partial charge on any atom is 0.255 e. The Morgan fingerprint density at radius 2 is 1.85 bits per heavy atom. The van der Waals surface area contributed by atoms with Crippen LogP contribution in [0.5, 0.6) is 5.75 Å². The largest absolute Gasteiger partial charge is 0.490 e. The molecule has 2 N–H and O–H groups in total. The summed E-state index contributed by atoms with van der Waals surface area (Å²) in [6, 6.07) is 4.89. The Morgan fingerprint density at radius 1 is 1.08 bits per heavy atom. The molecule has 2 saturated heterocycles. The Balaban J connectivity index is 0.00000196. The summed E-state index contributed by atoms with van der Waals surface area (Å²) >= 11 is 0. The van der Waals surface area contributed by atoms with Crippen LogP contribution >= 0.6 is 12.4 Å². The van der Waals surface area contributed by atoms with Crippen LogP contribution in [0.3, 0.4) is 0 Å². The van der Waals surface area contributed by atoms with E-state index in [-0.39, 0.29) is 36.7 Å². The summed E-state index contributed by atoms with van der Waals surface area (Å²) in [6.45, 7) is 2.21. The zero-order valence-corrected chi connectivity index (χ0v) is 15.1. The van der Waals surface area contributed by atoms with Gasteiger partial charge >= 0.3 is 0 Å². The number of carbonyl (C=O) groups is 3. The molecular formula is C18H22ClN3O4. The van der Waals surface area contributed by atoms with Crippen molar-refractivity contribution >= 4 is 30.1 Å². The van der Waals surface area contributed by atoms with Gasteiger partial charge in [-0.1, -0.05) is 6.07 Å². The Morgan fingerprint density at radius 3 is 2.58 bits per heavy atom. The lowest BCUT2D eigenvalue weighted by Crippen LogP contribution is -2.52. The van der Waals surface area contributed by atoms with Crippen molar-refractivity contribution < 1.29 is 19.1 Å². The second-order valence-corrected chi connectivity index (χ2v) is 6.75. The second-order valence-electron chi connectivity index (χ2n) is 6.75. The van der Waals surface area contributed by atoms with Crippen LogP contribution in [-0.4, -0.2) is 47.9 Å². The number of ether oxygens (including phenoxy) is 1. The highest BCUT2D eigenvalue weighted by Gasteiger charge is 2.40. The predicted octanol–water partition coefficient (Wildman–Crippen LogP) is 1.00. The lowest BCUT2D eigenvalue weighted by Gasteiger charge is -2.29. The first-order valence-electron chi connectivity index (χ1n) is 8.77. The number of halogens is 1. The third-order valence-corrected chi connectivity index (χ3v) is 5.12. The average Bonchev–Trinajstić information content (AvgIpc) is 2.94. The summed E-state index contributed by atoms with van der Waals surface area (Å²) in [4.78, 5) is 37.8. The maximum absolute atomic E-state index is 12.8. The maximum atomic E-state index is 12.8. The van der Waals surface area contributed by atoms with E-state index in [1.165, 1.54) is 0 Å². The third-order valence-electron chi connectivity index (χ3n) is 5.12. The second kappa shape index (κ2) is 7.63. The zero-order valence-electron chi connectivity index (χ0n) is 14.3. The number of imide groups is 1. The molecule has 3 aliphatic rings. The summed E-state index contributed by atoms with van der Waals surface area (Å²) in [7, 11) is 0. The molecule has 3 amide bonds. The van der Waals surface area contributed by atoms with Gasteiger partial charge in [-0.05, 0) is 44.5 Å². The Hall–Kier alpha value is -2.12. The van der Waals surface area contributed by atoms with E-state index in [4.69, 9.17) is 4.74 Å². The minimum atomic E-state index is -0.593. The van der Waals surface area contributed by atoms with Gasteiger partial charge in [0.25, 0.3) is 5.91 Å². The Bertz CT molecular complexity index is 733. The summed E-state index contributed by atoms with van der Waals surface area (Å²) in [6.07, 6.45) is 2.65. The fourth-order valence-corrected chi connectivity index (χ4v) is 3.76. The van der Waals surface area contributed by atoms with Crippen molar-refractivity contribution in [2.45, 2.75) is 44.4 Å². The highest BCUT2D eigenvalue weighted by atomic mass is 35.5. The number of nitrogens with one attached hydrogen (secondary N) is 2. The minimum Gasteiger partial charge on any atom is -0.490 e. The van der Waals surface area contributed by atoms with Gasteiger partial charge in [-0.2, -0.15) is 0 Å². The molecule has 1 aromatic carbocycles. The van der Waals surface area contributed by atoms with Crippen molar-refractivity contribution in [2.75, 3.05) is 13.1 Å². The quantitative estimate of drug-likeness (QED) is 0.765. The van der Waals surface area contributed by atoms with Crippen LogP contribution in [0, 0.1) is 0 Å². The molecule has 2 fully saturated rings. The molecule has 1 unspecified atom stereocenters. The van der Waals surface area contributed by atoms with Crippen molar-refractivity contribution in [3.63, 3.8) is 0 Å². The van der Waals surface area contributed by atoms with Crippen LogP contribution in [0.1, 0.15) is 41.6 Å². The van der Waals surface area contributed by atoms with Crippen molar-refractivity contribution in [1.82, 2.24) is 15.5 Å². The van der Waals surface area contributed by atoms with Gasteiger partial charge in [0.15, 0.2) is 0 Å². The first-order valence-corrected chi connectivity index (χ1v) is 8.77. The first kappa shape index (κ1) is 18.7. The molecule has 140 valence electrons. The van der Waals surface area contributed by atoms with E-state index in [0.717, 1.165) is 37.2 Å². The van der Waals surface area contributed by atoms with Crippen LogP contribution in [0.2, 0.25) is 0 Å². The molecule has 7 nitrogen and oxygen atoms in total. The summed E-state index contributed by atoms with van der Waals surface area (Å²) in [5.41, 5.74) is 1.44. The number of hydrogen-bond donors (Lipinski definition) is 2. The van der Waals surface area contributed by atoms with Crippen LogP contribution in [0.15, 0.2) is 18.2 Å². The topological polar surface area (TPSA) is 87.7 Å². The van der Waals surface area contributed by atoms with E-state index in [1.54, 1.807) is 11.0 Å². The van der Waals surface area contributed by atoms with E-state index >= 15 is 0 Å². The number of carbonyl (C=O) groups excluding carboxylic acids is 3. The number of amides is 3. The van der Waals surface area contributed by atoms with Crippen molar-refractivity contribution in [2.24, 2.45) is 0 Å². The molecule has 0 spiro atoms. The monoisotopic (exact) mass is 379 g/mol. The minimum absolute atomic E-state index is 0. The lowest BCUT2D eigenvalue weighted by atomic mass is 10.0. The SMILES string of the molecule is Cl.O=C1CCC(N2Cc3c(OC4CCNCC4)cccc3C2=O)C(=O)N1. The average molecular weight is 380 g/mol. The highest BCUT2D eigenvalue weighted by molar-refractivity contribution is 6.05. The molecular weight excluding hydrogens is 358 g/mol. The van der Waals surface area contributed by atoms with Gasteiger partial charge in [0.05, 0.1) is 6.54 Å². The smallest absolute Gasteiger partial charge is 0.255 e. The molecule has 0 saturated carbocycles. The fourth-order valence-electron chi connectivity index (χ4n) is 3.76. The Kier molecular flexibility index (Phi) is 5.48. The molecule has 26 heavy (non-hydrogen) atoms. The lowest BCUT2D eigenvalue weighted by molar-refractivity contribution is -0.136. The van der Waals surface area contributed by atoms with Gasteiger partial charge in [-0.3, -0.25) is 19.7 Å². The molecule has 0 bridgehead atoms. The first-order chi connectivity index (χ1) is 12.1. The number of rotatable bonds is 3. The normalized spacial score (nSPS) is 23.3. The van der Waals surface area contributed by atoms with Crippen molar-refractivity contribution in [3.8, 4) is 5.75 Å². The van der Waals surface area contributed by atoms with E-state index in [2.05, 4.69) is 10.6 Å². The Labute approximate surface area is 157 Å². The van der Waals surface area contributed by atoms with Crippen LogP contribution in [0.25, 0.3) is 0 Å². The molecule has 0 aliphatic carbocycles. The van der Waals surface area contributed by atoms with Gasteiger partial charge in [-0.15, -0.1) is 12.4 Å². The van der Waals surface area contributed by atoms with Crippen LogP contribution in [-0.2, 0) is 16.1 Å². The number of nitrogens with zero attached hydrogens (tertiary/aromatic N) is 1. The summed E-state index contributed by atoms with van der Waals surface area (Å²) < 4.78 is 6.15. The van der Waals surface area contributed by atoms with Gasteiger partial charge in [0.2, 0.25) is 11.8 Å². The summed E-state index contributed by atoms with van der Waals surface area (Å²) in [5.74, 6) is -0.105. The molecule has 1 aromatic rings. The zero-order chi connectivity index (χ0) is 17.4. The summed E-state index contributed by atoms with van der Waals surface area (Å²) in [5, 5.41) is 5.63. The molecule has 3 heterocycles. The third kappa shape index (κ3) is 3.41. The van der Waals surface area contributed by atoms with Crippen LogP contribution < -0.4 is 15.4 Å². The van der Waals surface area contributed by atoms with E-state index in [9.17, 15) is 14.4 Å². The van der Waals surface area contributed by atoms with Gasteiger partial charge in [0, 0.05) is 17.5 Å². The van der Waals surface area contributed by atoms with Gasteiger partial charge in [-0.25, -0.2) is 0 Å². The van der Waals surface area contributed by atoms with Gasteiger partial charge in [0.1, 0.15) is 17.9 Å². The van der Waals surface area contributed by atoms with E-state index in [0.29, 0.717) is 18.5 Å². The molecule has 8 heteroatoms. The van der Waals surface area contributed by atoms with E-state index < -0.39 is 11.9 Å². The fraction of sp³-hybridized carbons (Fsp3) is 0.500. The molecule has 4 rings (SSSR count). The molecule has 3 aliphatic heterocycles. The number of piperidine rings is 2. The number of fused-ring (bicyclic) bond motifs is 1. The number of hydrogen-bond acceptors (Lipinski definition) is 5.